The Morgan fingerprint density at radius 3 is 1.09 bits per heavy atom. The van der Waals surface area contributed by atoms with E-state index in [1.165, 1.54) is 40.8 Å². The molecule has 0 bridgehead atoms. The first kappa shape index (κ1) is 76.6. The van der Waals surface area contributed by atoms with E-state index < -0.39 is 131 Å². The molecule has 0 N–H and O–H groups in total. The van der Waals surface area contributed by atoms with Crippen LogP contribution >= 0.6 is 0 Å². The molecule has 1 fully saturated rings. The standard InChI is InChI=1S/C34H46N3.C19H3BF15.C7H19Si2.C4H8O.Lu/c1-21(2)26-15-12-16-27(22(3)4)32(26)35-25(9)30-19-14-20-31(36-30)34(10,11)37-33-28(23(5)6)17-13-18-29(33)24(7)8;1-20(2-5(21)11(27)17(33)12(28)6(2)22,3-7(23)13(29)18(34)14(30)8(3)24)4-9(25)15(31)19(35)16(32)10(4)26;1-8(2,3)7-9(4,5)6;1-2-4-5-3-1;/h12-24H,1-11H3;1H3;1,7H2,2-6H3;1-4H2;/q3*-1;;+3. The van der Waals surface area contributed by atoms with Gasteiger partial charge in [-0.2, -0.15) is 6.82 Å². The molecular formula is C64H76BF15LuN3OSi2. The summed E-state index contributed by atoms with van der Waals surface area (Å²) < 4.78 is 217. The molecule has 0 amide bonds. The van der Waals surface area contributed by atoms with Gasteiger partial charge in [0.15, 0.2) is 52.4 Å². The Morgan fingerprint density at radius 2 is 0.828 bits per heavy atom. The number of halogens is 15. The van der Waals surface area contributed by atoms with Crippen molar-refractivity contribution in [1.29, 1.82) is 0 Å². The number of aliphatic imine (C=N–C) groups is 1. The minimum absolute atomic E-state index is 0. The number of pyridine rings is 1. The molecule has 7 rings (SSSR count). The van der Waals surface area contributed by atoms with Gasteiger partial charge in [0.1, 0.15) is 41.0 Å². The van der Waals surface area contributed by atoms with Crippen LogP contribution in [0.5, 0.6) is 0 Å². The van der Waals surface area contributed by atoms with Gasteiger partial charge in [0.05, 0.1) is 17.1 Å². The summed E-state index contributed by atoms with van der Waals surface area (Å²) in [7, 11) is -1.77. The van der Waals surface area contributed by atoms with Crippen molar-refractivity contribution in [3.63, 3.8) is 0 Å². The van der Waals surface area contributed by atoms with Gasteiger partial charge < -0.3 is 16.6 Å². The van der Waals surface area contributed by atoms with Crippen molar-refractivity contribution in [2.45, 2.75) is 163 Å². The van der Waals surface area contributed by atoms with Gasteiger partial charge in [0.2, 0.25) is 0 Å². The number of benzene rings is 5. The number of para-hydroxylation sites is 2. The van der Waals surface area contributed by atoms with Gasteiger partial charge in [-0.3, -0.25) is 9.98 Å². The SMILES string of the molecule is C1CCOC1.CC(=Nc1c(C(C)C)cccc1C(C)C)c1cccc(C(C)(C)[N-]c2c(C(C)C)cccc2C(C)C)n1.C[B-](c1c(F)c(F)c(F)c(F)c1F)(c1c(F)c(F)c(F)c(F)c1F)c1c(F)c(F)c(F)c(F)c1F.[CH2-][Si](C)(C)C[Si](C)(C)C.[Lu+3]. The van der Waals surface area contributed by atoms with E-state index in [-0.39, 0.29) is 43.7 Å². The molecule has 1 aromatic heterocycles. The molecule has 23 heteroatoms. The molecule has 484 valence electrons. The second-order valence-electron chi connectivity index (χ2n) is 25.4. The van der Waals surface area contributed by atoms with Crippen LogP contribution in [-0.4, -0.2) is 46.2 Å². The first-order chi connectivity index (χ1) is 39.6. The fraction of sp³-hybridized carbons (Fsp3) is 0.422. The van der Waals surface area contributed by atoms with E-state index in [1.54, 1.807) is 0 Å². The van der Waals surface area contributed by atoms with Crippen molar-refractivity contribution >= 4 is 55.8 Å². The monoisotopic (exact) mass is 1430 g/mol. The third kappa shape index (κ3) is 17.9. The molecule has 1 aliphatic heterocycles. The van der Waals surface area contributed by atoms with Crippen LogP contribution in [0.2, 0.25) is 45.2 Å². The third-order valence-electron chi connectivity index (χ3n) is 14.4. The summed E-state index contributed by atoms with van der Waals surface area (Å²) in [6.45, 7) is 42.3. The molecule has 0 radical (unpaired) electrons. The number of aromatic nitrogens is 1. The van der Waals surface area contributed by atoms with Crippen LogP contribution in [0.4, 0.5) is 77.2 Å². The van der Waals surface area contributed by atoms with E-state index in [4.69, 9.17) is 20.0 Å². The van der Waals surface area contributed by atoms with Crippen LogP contribution in [0.25, 0.3) is 5.32 Å². The predicted molar refractivity (Wildman–Crippen MR) is 322 cm³/mol. The maximum absolute atomic E-state index is 14.6. The number of hydrogen-bond acceptors (Lipinski definition) is 3. The Hall–Kier alpha value is -4.64. The molecular weight excluding hydrogens is 1350 g/mol. The average molecular weight is 1430 g/mol. The minimum Gasteiger partial charge on any atom is -0.674 e. The van der Waals surface area contributed by atoms with Crippen LogP contribution in [0.3, 0.4) is 0 Å². The minimum atomic E-state index is -5.41. The first-order valence-corrected chi connectivity index (χ1v) is 35.4. The Bertz CT molecular complexity index is 3110. The Labute approximate surface area is 533 Å². The molecule has 0 saturated carbocycles. The number of hydrogen-bond donors (Lipinski definition) is 0. The second kappa shape index (κ2) is 30.9. The molecule has 0 aliphatic carbocycles. The van der Waals surface area contributed by atoms with Gasteiger partial charge in [0.25, 0.3) is 0 Å². The van der Waals surface area contributed by atoms with Crippen LogP contribution < -0.4 is 16.4 Å². The topological polar surface area (TPSA) is 48.6 Å². The number of rotatable bonds is 14. The first-order valence-electron chi connectivity index (χ1n) is 28.3. The zero-order valence-electron chi connectivity index (χ0n) is 52.0. The number of nitrogens with zero attached hydrogens (tertiary/aromatic N) is 3. The van der Waals surface area contributed by atoms with Crippen molar-refractivity contribution in [3.8, 4) is 0 Å². The maximum Gasteiger partial charge on any atom is 3.00 e. The molecule has 4 nitrogen and oxygen atoms in total. The van der Waals surface area contributed by atoms with E-state index in [0.29, 0.717) is 23.7 Å². The predicted octanol–water partition coefficient (Wildman–Crippen LogP) is 19.3. The molecule has 6 aromatic rings. The van der Waals surface area contributed by atoms with Gasteiger partial charge in [-0.1, -0.05) is 167 Å². The zero-order valence-corrected chi connectivity index (χ0v) is 55.7. The van der Waals surface area contributed by atoms with E-state index in [9.17, 15) is 65.9 Å². The second-order valence-corrected chi connectivity index (χ2v) is 36.3. The van der Waals surface area contributed by atoms with Crippen LogP contribution in [0.1, 0.15) is 146 Å². The zero-order chi connectivity index (χ0) is 65.6. The number of ether oxygens (including phenoxy) is 1. The molecule has 5 aromatic carbocycles. The van der Waals surface area contributed by atoms with Crippen LogP contribution in [0.15, 0.2) is 59.6 Å². The summed E-state index contributed by atoms with van der Waals surface area (Å²) in [5.41, 5.74) is 3.21. The average Bonchev–Trinajstić information content (AvgIpc) is 0.829. The van der Waals surface area contributed by atoms with Crippen LogP contribution in [0, 0.1) is 131 Å². The quantitative estimate of drug-likeness (QED) is 0.0272. The van der Waals surface area contributed by atoms with Gasteiger partial charge in [-0.25, -0.2) is 65.9 Å². The van der Waals surface area contributed by atoms with Gasteiger partial charge in [0, 0.05) is 27.0 Å². The van der Waals surface area contributed by atoms with E-state index in [0.717, 1.165) is 41.7 Å². The van der Waals surface area contributed by atoms with Gasteiger partial charge in [-0.15, -0.1) is 30.1 Å². The maximum atomic E-state index is 14.6. The smallest absolute Gasteiger partial charge is 0.674 e. The largest absolute Gasteiger partial charge is 3.00 e. The Kier molecular flexibility index (Phi) is 27.2. The molecule has 0 unspecified atom stereocenters. The summed E-state index contributed by atoms with van der Waals surface area (Å²) >= 11 is 0. The van der Waals surface area contributed by atoms with Crippen molar-refractivity contribution in [2.24, 2.45) is 4.99 Å². The van der Waals surface area contributed by atoms with Crippen LogP contribution in [-0.2, 0) is 10.3 Å². The van der Waals surface area contributed by atoms with Crippen molar-refractivity contribution in [1.82, 2.24) is 4.98 Å². The third-order valence-corrected chi connectivity index (χ3v) is 22.5. The molecule has 1 aliphatic rings. The fourth-order valence-electron chi connectivity index (χ4n) is 10.6. The van der Waals surface area contributed by atoms with E-state index in [2.05, 4.69) is 170 Å². The summed E-state index contributed by atoms with van der Waals surface area (Å²) in [5.74, 6) is -43.5. The molecule has 2 heterocycles. The van der Waals surface area contributed by atoms with Crippen molar-refractivity contribution in [3.05, 3.63) is 187 Å². The molecule has 1 saturated heterocycles. The molecule has 0 atom stereocenters. The van der Waals surface area contributed by atoms with Gasteiger partial charge in [-0.05, 0) is 66.7 Å². The molecule has 87 heavy (non-hydrogen) atoms. The fourth-order valence-corrected chi connectivity index (χ4v) is 22.1. The van der Waals surface area contributed by atoms with Gasteiger partial charge >= 0.3 is 36.9 Å². The molecule has 0 spiro atoms. The van der Waals surface area contributed by atoms with Crippen molar-refractivity contribution in [2.75, 3.05) is 13.2 Å². The normalized spacial score (nSPS) is 13.1. The Morgan fingerprint density at radius 1 is 0.529 bits per heavy atom. The van der Waals surface area contributed by atoms with E-state index in [1.807, 2.05) is 0 Å². The Balaban J connectivity index is 0.000000368. The van der Waals surface area contributed by atoms with E-state index >= 15 is 0 Å². The summed E-state index contributed by atoms with van der Waals surface area (Å²) in [4.78, 5) is 10.3. The van der Waals surface area contributed by atoms with Crippen molar-refractivity contribution < 1.29 is 107 Å². The summed E-state index contributed by atoms with van der Waals surface area (Å²) in [6.07, 6.45) is -2.86. The summed E-state index contributed by atoms with van der Waals surface area (Å²) in [6, 6.07) is 19.4. The summed E-state index contributed by atoms with van der Waals surface area (Å²) in [5, 5.41) is 5.36.